The molecule has 0 aliphatic carbocycles. The molecule has 0 amide bonds. The maximum Gasteiger partial charge on any atom is 0.307 e. The molecule has 2 aromatic rings. The van der Waals surface area contributed by atoms with E-state index in [1.54, 1.807) is 0 Å². The van der Waals surface area contributed by atoms with Gasteiger partial charge in [0.25, 0.3) is 0 Å². The van der Waals surface area contributed by atoms with E-state index in [-0.39, 0.29) is 12.0 Å². The molecule has 2 unspecified atom stereocenters. The van der Waals surface area contributed by atoms with Gasteiger partial charge in [-0.25, -0.2) is 0 Å². The molecular formula is C19H22N2O3. The average molecular weight is 326 g/mol. The van der Waals surface area contributed by atoms with Gasteiger partial charge in [0.1, 0.15) is 11.5 Å². The Labute approximate surface area is 141 Å². The number of nitrogens with two attached hydrogens (primary N) is 1. The number of hydrogen-bond acceptors (Lipinski definition) is 4. The number of carboxylic acids is 1. The highest BCUT2D eigenvalue weighted by atomic mass is 16.5. The molecule has 0 saturated carbocycles. The van der Waals surface area contributed by atoms with Gasteiger partial charge in [0.05, 0.1) is 5.92 Å². The molecular weight excluding hydrogens is 304 g/mol. The van der Waals surface area contributed by atoms with Crippen molar-refractivity contribution < 1.29 is 14.6 Å². The molecule has 0 spiro atoms. The first kappa shape index (κ1) is 16.5. The van der Waals surface area contributed by atoms with Crippen LogP contribution in [0.25, 0.3) is 0 Å². The first-order chi connectivity index (χ1) is 11.7. The standard InChI is InChI=1S/C19H22N2O3/c20-12-18(21-10-9-15(13-21)19(22)23)14-5-4-8-17(11-14)24-16-6-2-1-3-7-16/h1-8,11,15,18H,9-10,12-13,20H2,(H,22,23). The van der Waals surface area contributed by atoms with Crippen molar-refractivity contribution in [3.63, 3.8) is 0 Å². The van der Waals surface area contributed by atoms with Crippen molar-refractivity contribution in [3.8, 4) is 11.5 Å². The van der Waals surface area contributed by atoms with Crippen molar-refractivity contribution in [2.75, 3.05) is 19.6 Å². The van der Waals surface area contributed by atoms with E-state index in [0.717, 1.165) is 23.6 Å². The van der Waals surface area contributed by atoms with Crippen LogP contribution in [0.5, 0.6) is 11.5 Å². The summed E-state index contributed by atoms with van der Waals surface area (Å²) in [5, 5.41) is 9.19. The number of aliphatic carboxylic acids is 1. The average Bonchev–Trinajstić information content (AvgIpc) is 3.07. The van der Waals surface area contributed by atoms with E-state index in [1.807, 2.05) is 54.6 Å². The predicted octanol–water partition coefficient (Wildman–Crippen LogP) is 2.89. The minimum absolute atomic E-state index is 0.00803. The van der Waals surface area contributed by atoms with E-state index < -0.39 is 5.97 Å². The van der Waals surface area contributed by atoms with E-state index >= 15 is 0 Å². The van der Waals surface area contributed by atoms with Crippen LogP contribution in [-0.2, 0) is 4.79 Å². The second kappa shape index (κ2) is 7.47. The van der Waals surface area contributed by atoms with Crippen LogP contribution in [0, 0.1) is 5.92 Å². The molecule has 3 rings (SSSR count). The Morgan fingerprint density at radius 1 is 1.21 bits per heavy atom. The third-order valence-corrected chi connectivity index (χ3v) is 4.45. The molecule has 1 saturated heterocycles. The molecule has 1 heterocycles. The van der Waals surface area contributed by atoms with Gasteiger partial charge in [-0.1, -0.05) is 30.3 Å². The van der Waals surface area contributed by atoms with Crippen LogP contribution in [0.1, 0.15) is 18.0 Å². The van der Waals surface area contributed by atoms with Crippen molar-refractivity contribution in [3.05, 3.63) is 60.2 Å². The molecule has 0 bridgehead atoms. The Balaban J connectivity index is 1.75. The lowest BCUT2D eigenvalue weighted by molar-refractivity contribution is -0.141. The van der Waals surface area contributed by atoms with Gasteiger partial charge in [0.2, 0.25) is 0 Å². The highest BCUT2D eigenvalue weighted by Gasteiger charge is 2.32. The largest absolute Gasteiger partial charge is 0.481 e. The molecule has 1 fully saturated rings. The lowest BCUT2D eigenvalue weighted by atomic mass is 10.1. The number of hydrogen-bond donors (Lipinski definition) is 2. The maximum atomic E-state index is 11.2. The van der Waals surface area contributed by atoms with E-state index in [9.17, 15) is 9.90 Å². The number of ether oxygens (including phenoxy) is 1. The van der Waals surface area contributed by atoms with Gasteiger partial charge >= 0.3 is 5.97 Å². The summed E-state index contributed by atoms with van der Waals surface area (Å²) >= 11 is 0. The van der Waals surface area contributed by atoms with Gasteiger partial charge < -0.3 is 15.6 Å². The van der Waals surface area contributed by atoms with E-state index in [0.29, 0.717) is 19.5 Å². The summed E-state index contributed by atoms with van der Waals surface area (Å²) in [6, 6.07) is 17.5. The van der Waals surface area contributed by atoms with Crippen molar-refractivity contribution in [2.24, 2.45) is 11.7 Å². The summed E-state index contributed by atoms with van der Waals surface area (Å²) in [5.74, 6) is 0.509. The summed E-state index contributed by atoms with van der Waals surface area (Å²) in [4.78, 5) is 13.3. The van der Waals surface area contributed by atoms with Crippen molar-refractivity contribution >= 4 is 5.97 Å². The van der Waals surface area contributed by atoms with Crippen LogP contribution >= 0.6 is 0 Å². The molecule has 5 nitrogen and oxygen atoms in total. The lowest BCUT2D eigenvalue weighted by Crippen LogP contribution is -2.32. The Morgan fingerprint density at radius 3 is 2.62 bits per heavy atom. The quantitative estimate of drug-likeness (QED) is 0.853. The minimum Gasteiger partial charge on any atom is -0.481 e. The first-order valence-electron chi connectivity index (χ1n) is 8.17. The molecule has 3 N–H and O–H groups in total. The molecule has 1 aliphatic rings. The molecule has 2 atom stereocenters. The zero-order valence-corrected chi connectivity index (χ0v) is 13.5. The normalized spacial score (nSPS) is 19.1. The Morgan fingerprint density at radius 2 is 1.96 bits per heavy atom. The van der Waals surface area contributed by atoms with Crippen molar-refractivity contribution in [1.29, 1.82) is 0 Å². The fourth-order valence-electron chi connectivity index (χ4n) is 3.18. The van der Waals surface area contributed by atoms with E-state index in [1.165, 1.54) is 0 Å². The fourth-order valence-corrected chi connectivity index (χ4v) is 3.18. The third kappa shape index (κ3) is 3.75. The topological polar surface area (TPSA) is 75.8 Å². The Hall–Kier alpha value is -2.37. The second-order valence-corrected chi connectivity index (χ2v) is 6.06. The maximum absolute atomic E-state index is 11.2. The summed E-state index contributed by atoms with van der Waals surface area (Å²) < 4.78 is 5.88. The number of rotatable bonds is 6. The lowest BCUT2D eigenvalue weighted by Gasteiger charge is -2.27. The first-order valence-corrected chi connectivity index (χ1v) is 8.17. The number of nitrogens with zero attached hydrogens (tertiary/aromatic N) is 1. The van der Waals surface area contributed by atoms with Gasteiger partial charge in [-0.3, -0.25) is 9.69 Å². The highest BCUT2D eigenvalue weighted by molar-refractivity contribution is 5.70. The zero-order valence-electron chi connectivity index (χ0n) is 13.5. The molecule has 24 heavy (non-hydrogen) atoms. The Bertz CT molecular complexity index is 690. The molecule has 5 heteroatoms. The van der Waals surface area contributed by atoms with Crippen LogP contribution in [0.4, 0.5) is 0 Å². The van der Waals surface area contributed by atoms with Crippen LogP contribution < -0.4 is 10.5 Å². The van der Waals surface area contributed by atoms with Crippen molar-refractivity contribution in [2.45, 2.75) is 12.5 Å². The minimum atomic E-state index is -0.727. The summed E-state index contributed by atoms with van der Waals surface area (Å²) in [6.45, 7) is 1.74. The zero-order chi connectivity index (χ0) is 16.9. The predicted molar refractivity (Wildman–Crippen MR) is 92.1 cm³/mol. The molecule has 2 aromatic carbocycles. The van der Waals surface area contributed by atoms with Crippen LogP contribution in [0.2, 0.25) is 0 Å². The summed E-state index contributed by atoms with van der Waals surface area (Å²) in [5.41, 5.74) is 7.03. The van der Waals surface area contributed by atoms with E-state index in [2.05, 4.69) is 4.90 Å². The highest BCUT2D eigenvalue weighted by Crippen LogP contribution is 2.30. The number of benzene rings is 2. The van der Waals surface area contributed by atoms with Gasteiger partial charge in [0.15, 0.2) is 0 Å². The Kier molecular flexibility index (Phi) is 5.13. The van der Waals surface area contributed by atoms with Crippen molar-refractivity contribution in [1.82, 2.24) is 4.90 Å². The smallest absolute Gasteiger partial charge is 0.307 e. The summed E-state index contributed by atoms with van der Waals surface area (Å²) in [7, 11) is 0. The fraction of sp³-hybridized carbons (Fsp3) is 0.316. The number of likely N-dealkylation sites (tertiary alicyclic amines) is 1. The van der Waals surface area contributed by atoms with Crippen LogP contribution in [0.3, 0.4) is 0 Å². The number of carboxylic acid groups (broad SMARTS) is 1. The van der Waals surface area contributed by atoms with E-state index in [4.69, 9.17) is 10.5 Å². The van der Waals surface area contributed by atoms with Gasteiger partial charge in [-0.05, 0) is 42.8 Å². The van der Waals surface area contributed by atoms with Gasteiger partial charge in [-0.2, -0.15) is 0 Å². The van der Waals surface area contributed by atoms with Crippen LogP contribution in [0.15, 0.2) is 54.6 Å². The molecule has 126 valence electrons. The molecule has 1 aliphatic heterocycles. The van der Waals surface area contributed by atoms with Gasteiger partial charge in [0, 0.05) is 19.1 Å². The molecule has 0 aromatic heterocycles. The monoisotopic (exact) mass is 326 g/mol. The van der Waals surface area contributed by atoms with Crippen LogP contribution in [-0.4, -0.2) is 35.6 Å². The second-order valence-electron chi connectivity index (χ2n) is 6.06. The van der Waals surface area contributed by atoms with Gasteiger partial charge in [-0.15, -0.1) is 0 Å². The number of para-hydroxylation sites is 1. The third-order valence-electron chi connectivity index (χ3n) is 4.45. The SMILES string of the molecule is NCC(c1cccc(Oc2ccccc2)c1)N1CCC(C(=O)O)C1. The summed E-state index contributed by atoms with van der Waals surface area (Å²) in [6.07, 6.45) is 0.673. The molecule has 0 radical (unpaired) electrons. The number of carbonyl (C=O) groups is 1.